The molecule has 0 amide bonds. The Labute approximate surface area is 68.9 Å². The molecule has 2 heterocycles. The fourth-order valence-corrected chi connectivity index (χ4v) is 2.46. The minimum atomic E-state index is 0.668. The van der Waals surface area contributed by atoms with Crippen LogP contribution in [0.1, 0.15) is 12.8 Å². The van der Waals surface area contributed by atoms with Crippen molar-refractivity contribution in [3.63, 3.8) is 0 Å². The van der Waals surface area contributed by atoms with Crippen molar-refractivity contribution in [3.05, 3.63) is 0 Å². The van der Waals surface area contributed by atoms with E-state index in [1.54, 1.807) is 0 Å². The Bertz CT molecular complexity index is 118. The van der Waals surface area contributed by atoms with Crippen LogP contribution in [0.2, 0.25) is 0 Å². The van der Waals surface area contributed by atoms with Crippen molar-refractivity contribution < 1.29 is 0 Å². The van der Waals surface area contributed by atoms with Crippen LogP contribution in [0.4, 0.5) is 0 Å². The van der Waals surface area contributed by atoms with Gasteiger partial charge in [-0.1, -0.05) is 22.6 Å². The molecule has 0 aromatic carbocycles. The smallest absolute Gasteiger partial charge is 0.0749 e. The highest BCUT2D eigenvalue weighted by Crippen LogP contribution is 2.22. The Morgan fingerprint density at radius 3 is 3.00 bits per heavy atom. The maximum Gasteiger partial charge on any atom is 0.0749 e. The molecule has 0 aromatic rings. The molecule has 0 aromatic heterocycles. The van der Waals surface area contributed by atoms with E-state index in [2.05, 4.69) is 33.2 Å². The molecule has 2 bridgehead atoms. The van der Waals surface area contributed by atoms with Gasteiger partial charge in [0.15, 0.2) is 0 Å². The van der Waals surface area contributed by atoms with Gasteiger partial charge in [0, 0.05) is 18.6 Å². The molecule has 0 spiro atoms. The number of nitrogens with one attached hydrogen (secondary N) is 2. The highest BCUT2D eigenvalue weighted by Gasteiger charge is 2.32. The average Bonchev–Trinajstić information content (AvgIpc) is 2.25. The molecular weight excluding hydrogens is 227 g/mol. The Morgan fingerprint density at radius 2 is 2.22 bits per heavy atom. The lowest BCUT2D eigenvalue weighted by Crippen LogP contribution is -2.52. The fourth-order valence-electron chi connectivity index (χ4n) is 1.64. The maximum atomic E-state index is 3.57. The zero-order valence-electron chi connectivity index (χ0n) is 5.23. The second-order valence-corrected chi connectivity index (χ2v) is 4.20. The van der Waals surface area contributed by atoms with Gasteiger partial charge in [0.2, 0.25) is 0 Å². The molecule has 2 fully saturated rings. The molecule has 0 saturated carbocycles. The normalized spacial score (nSPS) is 49.7. The summed E-state index contributed by atoms with van der Waals surface area (Å²) in [6, 6.07) is 1.53. The molecule has 0 radical (unpaired) electrons. The summed E-state index contributed by atoms with van der Waals surface area (Å²) in [5.41, 5.74) is 0. The van der Waals surface area contributed by atoms with E-state index in [4.69, 9.17) is 0 Å². The summed E-state index contributed by atoms with van der Waals surface area (Å²) in [7, 11) is 0. The average molecular weight is 238 g/mol. The van der Waals surface area contributed by atoms with Crippen molar-refractivity contribution in [2.24, 2.45) is 0 Å². The van der Waals surface area contributed by atoms with E-state index in [0.29, 0.717) is 4.05 Å². The number of hydrogen-bond donors (Lipinski definition) is 2. The molecule has 2 aliphatic rings. The van der Waals surface area contributed by atoms with E-state index in [-0.39, 0.29) is 0 Å². The summed E-state index contributed by atoms with van der Waals surface area (Å²) in [5.74, 6) is 0. The molecule has 2 saturated heterocycles. The Hall–Kier alpha value is 0.650. The summed E-state index contributed by atoms with van der Waals surface area (Å²) in [6.07, 6.45) is 2.74. The molecule has 3 heteroatoms. The van der Waals surface area contributed by atoms with Crippen LogP contribution in [-0.4, -0.2) is 22.7 Å². The van der Waals surface area contributed by atoms with Crippen molar-refractivity contribution in [2.75, 3.05) is 6.54 Å². The van der Waals surface area contributed by atoms with Gasteiger partial charge in [-0.3, -0.25) is 0 Å². The van der Waals surface area contributed by atoms with Crippen molar-refractivity contribution >= 4 is 22.6 Å². The quantitative estimate of drug-likeness (QED) is 0.364. The number of halogens is 1. The second kappa shape index (κ2) is 2.36. The van der Waals surface area contributed by atoms with E-state index in [9.17, 15) is 0 Å². The molecular formula is C6H11IN2. The molecule has 52 valence electrons. The lowest BCUT2D eigenvalue weighted by atomic mass is 10.2. The van der Waals surface area contributed by atoms with Crippen molar-refractivity contribution in [1.82, 2.24) is 10.6 Å². The third-order valence-electron chi connectivity index (χ3n) is 2.19. The number of alkyl halides is 1. The second-order valence-electron chi connectivity index (χ2n) is 2.86. The van der Waals surface area contributed by atoms with Crippen molar-refractivity contribution in [1.29, 1.82) is 0 Å². The van der Waals surface area contributed by atoms with Gasteiger partial charge < -0.3 is 10.6 Å². The predicted octanol–water partition coefficient (Wildman–Crippen LogP) is 0.471. The molecule has 3 atom stereocenters. The summed E-state index contributed by atoms with van der Waals surface area (Å²) >= 11 is 2.47. The molecule has 3 unspecified atom stereocenters. The van der Waals surface area contributed by atoms with Gasteiger partial charge >= 0.3 is 0 Å². The van der Waals surface area contributed by atoms with Crippen LogP contribution >= 0.6 is 22.6 Å². The lowest BCUT2D eigenvalue weighted by molar-refractivity contribution is 0.411. The first-order chi connectivity index (χ1) is 4.36. The Balaban J connectivity index is 2.05. The van der Waals surface area contributed by atoms with Crippen LogP contribution in [-0.2, 0) is 0 Å². The van der Waals surface area contributed by atoms with Crippen molar-refractivity contribution in [2.45, 2.75) is 29.0 Å². The third kappa shape index (κ3) is 1.10. The zero-order valence-corrected chi connectivity index (χ0v) is 7.39. The molecule has 0 aliphatic carbocycles. The molecule has 2 N–H and O–H groups in total. The van der Waals surface area contributed by atoms with Gasteiger partial charge in [-0.05, 0) is 12.8 Å². The predicted molar refractivity (Wildman–Crippen MR) is 45.8 cm³/mol. The number of fused-ring (bicyclic) bond motifs is 2. The first kappa shape index (κ1) is 6.37. The lowest BCUT2D eigenvalue weighted by Gasteiger charge is -2.27. The van der Waals surface area contributed by atoms with E-state index in [1.807, 2.05) is 0 Å². The van der Waals surface area contributed by atoms with Gasteiger partial charge in [0.05, 0.1) is 4.05 Å². The molecule has 2 nitrogen and oxygen atoms in total. The topological polar surface area (TPSA) is 24.1 Å². The minimum Gasteiger partial charge on any atom is -0.308 e. The summed E-state index contributed by atoms with van der Waals surface area (Å²) in [5, 5.41) is 7.04. The SMILES string of the molecule is IC1NCC2CCC1N2. The van der Waals surface area contributed by atoms with Gasteiger partial charge in [0.1, 0.15) is 0 Å². The number of rotatable bonds is 0. The van der Waals surface area contributed by atoms with Crippen LogP contribution in [0.5, 0.6) is 0 Å². The zero-order chi connectivity index (χ0) is 6.27. The molecule has 2 rings (SSSR count). The standard InChI is InChI=1S/C6H11IN2/c7-6-5-2-1-4(9-5)3-8-6/h4-6,8-9H,1-3H2. The summed E-state index contributed by atoms with van der Waals surface area (Å²) in [6.45, 7) is 1.17. The van der Waals surface area contributed by atoms with Crippen molar-refractivity contribution in [3.8, 4) is 0 Å². The van der Waals surface area contributed by atoms with Gasteiger partial charge in [-0.2, -0.15) is 0 Å². The minimum absolute atomic E-state index is 0.668. The summed E-state index contributed by atoms with van der Waals surface area (Å²) in [4.78, 5) is 0. The molecule has 2 aliphatic heterocycles. The highest BCUT2D eigenvalue weighted by atomic mass is 127. The summed E-state index contributed by atoms with van der Waals surface area (Å²) < 4.78 is 0.668. The monoisotopic (exact) mass is 238 g/mol. The van der Waals surface area contributed by atoms with E-state index in [0.717, 1.165) is 12.1 Å². The van der Waals surface area contributed by atoms with Crippen LogP contribution in [0.15, 0.2) is 0 Å². The van der Waals surface area contributed by atoms with Crippen LogP contribution in [0.3, 0.4) is 0 Å². The largest absolute Gasteiger partial charge is 0.308 e. The van der Waals surface area contributed by atoms with E-state index < -0.39 is 0 Å². The Kier molecular flexibility index (Phi) is 1.67. The third-order valence-corrected chi connectivity index (χ3v) is 3.50. The Morgan fingerprint density at radius 1 is 1.33 bits per heavy atom. The number of hydrogen-bond acceptors (Lipinski definition) is 2. The highest BCUT2D eigenvalue weighted by molar-refractivity contribution is 14.1. The van der Waals surface area contributed by atoms with Crippen LogP contribution in [0.25, 0.3) is 0 Å². The maximum absolute atomic E-state index is 3.57. The first-order valence-corrected chi connectivity index (χ1v) is 4.74. The van der Waals surface area contributed by atoms with Crippen LogP contribution in [0, 0.1) is 0 Å². The van der Waals surface area contributed by atoms with Crippen LogP contribution < -0.4 is 10.6 Å². The number of piperazine rings is 1. The van der Waals surface area contributed by atoms with E-state index in [1.165, 1.54) is 19.4 Å². The van der Waals surface area contributed by atoms with E-state index >= 15 is 0 Å². The molecule has 9 heavy (non-hydrogen) atoms. The van der Waals surface area contributed by atoms with Gasteiger partial charge in [-0.15, -0.1) is 0 Å². The van der Waals surface area contributed by atoms with Gasteiger partial charge in [0.25, 0.3) is 0 Å². The first-order valence-electron chi connectivity index (χ1n) is 3.50. The van der Waals surface area contributed by atoms with Gasteiger partial charge in [-0.25, -0.2) is 0 Å². The fraction of sp³-hybridized carbons (Fsp3) is 1.00.